The Labute approximate surface area is 108 Å². The van der Waals surface area contributed by atoms with Gasteiger partial charge < -0.3 is 14.1 Å². The smallest absolute Gasteiger partial charge is 0.153 e. The van der Waals surface area contributed by atoms with E-state index in [1.54, 1.807) is 41.4 Å². The Morgan fingerprint density at radius 1 is 1.39 bits per heavy atom. The Kier molecular flexibility index (Phi) is 2.61. The van der Waals surface area contributed by atoms with Crippen LogP contribution in [0, 0.1) is 0 Å². The fraction of sp³-hybridized carbons (Fsp3) is 0.154. The number of rotatable bonds is 2. The molecule has 4 nitrogen and oxygen atoms in total. The van der Waals surface area contributed by atoms with Crippen molar-refractivity contribution in [3.05, 3.63) is 53.3 Å². The number of aromatic nitrogens is 2. The summed E-state index contributed by atoms with van der Waals surface area (Å²) in [6, 6.07) is 7.14. The quantitative estimate of drug-likeness (QED) is 0.773. The molecule has 2 aromatic heterocycles. The molecular weight excluding hydrogens is 252 g/mol. The highest BCUT2D eigenvalue weighted by atomic mass is 35.5. The molecule has 1 unspecified atom stereocenters. The molecule has 0 bridgehead atoms. The standard InChI is InChI=1S/C13H11ClN2O2/c1-16-7-15-6-10(16)13(17)12-5-8-4-9(14)2-3-11(8)18-12/h2-7,13,17H,1H3. The summed E-state index contributed by atoms with van der Waals surface area (Å²) in [6.45, 7) is 0. The van der Waals surface area contributed by atoms with Crippen molar-refractivity contribution in [2.24, 2.45) is 7.05 Å². The number of aliphatic hydroxyl groups is 1. The van der Waals surface area contributed by atoms with E-state index in [-0.39, 0.29) is 0 Å². The molecule has 0 radical (unpaired) electrons. The number of halogens is 1. The molecule has 0 amide bonds. The molecule has 0 aliphatic rings. The Morgan fingerprint density at radius 3 is 2.94 bits per heavy atom. The number of hydrogen-bond acceptors (Lipinski definition) is 3. The predicted octanol–water partition coefficient (Wildman–Crippen LogP) is 2.90. The molecule has 1 aromatic carbocycles. The van der Waals surface area contributed by atoms with E-state index in [1.165, 1.54) is 0 Å². The topological polar surface area (TPSA) is 51.2 Å². The third kappa shape index (κ3) is 1.79. The van der Waals surface area contributed by atoms with Gasteiger partial charge in [-0.2, -0.15) is 0 Å². The molecule has 0 saturated carbocycles. The Balaban J connectivity index is 2.07. The molecule has 0 aliphatic carbocycles. The van der Waals surface area contributed by atoms with E-state index in [2.05, 4.69) is 4.98 Å². The van der Waals surface area contributed by atoms with Gasteiger partial charge in [0.25, 0.3) is 0 Å². The largest absolute Gasteiger partial charge is 0.458 e. The number of imidazole rings is 1. The predicted molar refractivity (Wildman–Crippen MR) is 68.5 cm³/mol. The molecule has 3 rings (SSSR count). The molecule has 1 atom stereocenters. The minimum atomic E-state index is -0.830. The lowest BCUT2D eigenvalue weighted by Gasteiger charge is -2.07. The van der Waals surface area contributed by atoms with Crippen LogP contribution in [-0.4, -0.2) is 14.7 Å². The van der Waals surface area contributed by atoms with Gasteiger partial charge in [-0.1, -0.05) is 11.6 Å². The Morgan fingerprint density at radius 2 is 2.22 bits per heavy atom. The van der Waals surface area contributed by atoms with Crippen LogP contribution in [0.3, 0.4) is 0 Å². The van der Waals surface area contributed by atoms with Gasteiger partial charge in [0.15, 0.2) is 6.10 Å². The summed E-state index contributed by atoms with van der Waals surface area (Å²) in [6.07, 6.45) is 2.42. The molecule has 18 heavy (non-hydrogen) atoms. The highest BCUT2D eigenvalue weighted by molar-refractivity contribution is 6.31. The van der Waals surface area contributed by atoms with E-state index in [1.807, 2.05) is 7.05 Å². The van der Waals surface area contributed by atoms with Gasteiger partial charge in [0.2, 0.25) is 0 Å². The molecule has 0 fully saturated rings. The Bertz CT molecular complexity index is 702. The lowest BCUT2D eigenvalue weighted by molar-refractivity contribution is 0.184. The first-order valence-electron chi connectivity index (χ1n) is 5.48. The van der Waals surface area contributed by atoms with Crippen LogP contribution in [0.2, 0.25) is 5.02 Å². The lowest BCUT2D eigenvalue weighted by Crippen LogP contribution is -2.03. The molecule has 5 heteroatoms. The molecule has 0 aliphatic heterocycles. The van der Waals surface area contributed by atoms with E-state index in [9.17, 15) is 5.11 Å². The van der Waals surface area contributed by atoms with Crippen molar-refractivity contribution in [2.45, 2.75) is 6.10 Å². The zero-order chi connectivity index (χ0) is 12.7. The molecule has 0 saturated heterocycles. The maximum Gasteiger partial charge on any atom is 0.153 e. The molecule has 92 valence electrons. The summed E-state index contributed by atoms with van der Waals surface area (Å²) in [5.41, 5.74) is 1.38. The average Bonchev–Trinajstić information content (AvgIpc) is 2.93. The van der Waals surface area contributed by atoms with E-state index in [4.69, 9.17) is 16.0 Å². The van der Waals surface area contributed by atoms with Crippen molar-refractivity contribution in [2.75, 3.05) is 0 Å². The molecule has 1 N–H and O–H groups in total. The monoisotopic (exact) mass is 262 g/mol. The highest BCUT2D eigenvalue weighted by Crippen LogP contribution is 2.29. The van der Waals surface area contributed by atoms with Crippen molar-refractivity contribution < 1.29 is 9.52 Å². The van der Waals surface area contributed by atoms with Crippen molar-refractivity contribution in [1.82, 2.24) is 9.55 Å². The zero-order valence-electron chi connectivity index (χ0n) is 9.67. The number of fused-ring (bicyclic) bond motifs is 1. The maximum atomic E-state index is 10.2. The van der Waals surface area contributed by atoms with E-state index >= 15 is 0 Å². The normalized spacial score (nSPS) is 13.1. The van der Waals surface area contributed by atoms with E-state index in [0.29, 0.717) is 22.1 Å². The van der Waals surface area contributed by atoms with Gasteiger partial charge in [0.05, 0.1) is 18.2 Å². The van der Waals surface area contributed by atoms with E-state index in [0.717, 1.165) is 5.39 Å². The number of nitrogens with zero attached hydrogens (tertiary/aromatic N) is 2. The first kappa shape index (κ1) is 11.3. The molecule has 2 heterocycles. The maximum absolute atomic E-state index is 10.2. The van der Waals surface area contributed by atoms with Crippen LogP contribution < -0.4 is 0 Å². The summed E-state index contributed by atoms with van der Waals surface area (Å²) in [5.74, 6) is 0.482. The Hall–Kier alpha value is -1.78. The molecular formula is C13H11ClN2O2. The van der Waals surface area contributed by atoms with Crippen molar-refractivity contribution in [3.63, 3.8) is 0 Å². The van der Waals surface area contributed by atoms with Crippen LogP contribution >= 0.6 is 11.6 Å². The van der Waals surface area contributed by atoms with Crippen LogP contribution in [0.15, 0.2) is 41.2 Å². The summed E-state index contributed by atoms with van der Waals surface area (Å²) < 4.78 is 7.37. The highest BCUT2D eigenvalue weighted by Gasteiger charge is 2.18. The van der Waals surface area contributed by atoms with Gasteiger partial charge in [-0.25, -0.2) is 4.98 Å². The summed E-state index contributed by atoms with van der Waals surface area (Å²) >= 11 is 5.91. The number of furan rings is 1. The van der Waals surface area contributed by atoms with Gasteiger partial charge >= 0.3 is 0 Å². The van der Waals surface area contributed by atoms with Crippen LogP contribution in [-0.2, 0) is 7.05 Å². The third-order valence-corrected chi connectivity index (χ3v) is 3.14. The second-order valence-electron chi connectivity index (χ2n) is 4.16. The first-order chi connectivity index (χ1) is 8.65. The van der Waals surface area contributed by atoms with Crippen molar-refractivity contribution in [1.29, 1.82) is 0 Å². The van der Waals surface area contributed by atoms with Gasteiger partial charge in [0, 0.05) is 17.5 Å². The second-order valence-corrected chi connectivity index (χ2v) is 4.60. The SMILES string of the molecule is Cn1cncc1C(O)c1cc2cc(Cl)ccc2o1. The summed E-state index contributed by atoms with van der Waals surface area (Å²) in [4.78, 5) is 3.98. The first-order valence-corrected chi connectivity index (χ1v) is 5.86. The number of aliphatic hydroxyl groups excluding tert-OH is 1. The minimum Gasteiger partial charge on any atom is -0.458 e. The third-order valence-electron chi connectivity index (χ3n) is 2.90. The average molecular weight is 263 g/mol. The van der Waals surface area contributed by atoms with Gasteiger partial charge in [-0.05, 0) is 24.3 Å². The fourth-order valence-corrected chi connectivity index (χ4v) is 2.13. The molecule has 3 aromatic rings. The fourth-order valence-electron chi connectivity index (χ4n) is 1.95. The van der Waals surface area contributed by atoms with Gasteiger partial charge in [-0.15, -0.1) is 0 Å². The summed E-state index contributed by atoms with van der Waals surface area (Å²) in [7, 11) is 1.82. The summed E-state index contributed by atoms with van der Waals surface area (Å²) in [5, 5.41) is 11.8. The molecule has 0 spiro atoms. The van der Waals surface area contributed by atoms with Crippen molar-refractivity contribution in [3.8, 4) is 0 Å². The van der Waals surface area contributed by atoms with Crippen LogP contribution in [0.4, 0.5) is 0 Å². The number of aryl methyl sites for hydroxylation is 1. The van der Waals surface area contributed by atoms with Gasteiger partial charge in [-0.3, -0.25) is 0 Å². The van der Waals surface area contributed by atoms with Crippen LogP contribution in [0.1, 0.15) is 17.6 Å². The lowest BCUT2D eigenvalue weighted by atomic mass is 10.2. The number of benzene rings is 1. The zero-order valence-corrected chi connectivity index (χ0v) is 10.4. The van der Waals surface area contributed by atoms with Crippen molar-refractivity contribution >= 4 is 22.6 Å². The second kappa shape index (κ2) is 4.15. The van der Waals surface area contributed by atoms with Gasteiger partial charge in [0.1, 0.15) is 11.3 Å². The van der Waals surface area contributed by atoms with E-state index < -0.39 is 6.10 Å². The van der Waals surface area contributed by atoms with Crippen LogP contribution in [0.5, 0.6) is 0 Å². The number of hydrogen-bond donors (Lipinski definition) is 1. The van der Waals surface area contributed by atoms with Crippen LogP contribution in [0.25, 0.3) is 11.0 Å². The minimum absolute atomic E-state index is 0.482.